The molecule has 0 saturated carbocycles. The molecule has 3 N–H and O–H groups in total. The molecule has 2 aliphatic rings. The van der Waals surface area contributed by atoms with Crippen LogP contribution in [-0.2, 0) is 25.5 Å². The van der Waals surface area contributed by atoms with Crippen LogP contribution in [0.4, 0.5) is 19.0 Å². The van der Waals surface area contributed by atoms with Gasteiger partial charge < -0.3 is 30.0 Å². The first-order valence-electron chi connectivity index (χ1n) is 14.9. The largest absolute Gasteiger partial charge is 0.489 e. The highest BCUT2D eigenvalue weighted by atomic mass is 32.2. The smallest absolute Gasteiger partial charge is 0.416 e. The highest BCUT2D eigenvalue weighted by Crippen LogP contribution is 2.34. The van der Waals surface area contributed by atoms with E-state index in [0.717, 1.165) is 18.6 Å². The lowest BCUT2D eigenvalue weighted by Crippen LogP contribution is -2.36. The summed E-state index contributed by atoms with van der Waals surface area (Å²) < 4.78 is 81.5. The van der Waals surface area contributed by atoms with Crippen LogP contribution in [0, 0.1) is 0 Å². The normalized spacial score (nSPS) is 21.0. The summed E-state index contributed by atoms with van der Waals surface area (Å²) in [6.07, 6.45) is -3.73. The summed E-state index contributed by atoms with van der Waals surface area (Å²) in [5.41, 5.74) is 5.78. The summed E-state index contributed by atoms with van der Waals surface area (Å²) in [6, 6.07) is 13.5. The average molecular weight is 664 g/mol. The van der Waals surface area contributed by atoms with Crippen LogP contribution in [0.15, 0.2) is 65.6 Å². The maximum absolute atomic E-state index is 13.1. The van der Waals surface area contributed by atoms with E-state index in [1.807, 2.05) is 4.90 Å². The number of nitrogens with zero attached hydrogens (tertiary/aromatic N) is 2. The minimum absolute atomic E-state index is 0.0662. The van der Waals surface area contributed by atoms with Crippen molar-refractivity contribution in [1.82, 2.24) is 4.98 Å². The molecule has 2 fully saturated rings. The van der Waals surface area contributed by atoms with Gasteiger partial charge in [0.1, 0.15) is 17.7 Å². The van der Waals surface area contributed by atoms with Gasteiger partial charge in [-0.05, 0) is 60.5 Å². The highest BCUT2D eigenvalue weighted by molar-refractivity contribution is 7.91. The van der Waals surface area contributed by atoms with Gasteiger partial charge in [-0.15, -0.1) is 0 Å². The Bertz CT molecular complexity index is 1610. The lowest BCUT2D eigenvalue weighted by Gasteiger charge is -2.28. The van der Waals surface area contributed by atoms with E-state index >= 15 is 0 Å². The number of pyridine rings is 1. The van der Waals surface area contributed by atoms with Crippen LogP contribution < -0.4 is 15.4 Å². The fraction of sp³-hybridized carbons (Fsp3) is 0.438. The van der Waals surface area contributed by atoms with E-state index in [9.17, 15) is 31.5 Å². The van der Waals surface area contributed by atoms with Gasteiger partial charge in [0.2, 0.25) is 0 Å². The van der Waals surface area contributed by atoms with Gasteiger partial charge in [0.25, 0.3) is 5.91 Å². The van der Waals surface area contributed by atoms with Gasteiger partial charge in [0.05, 0.1) is 71.9 Å². The van der Waals surface area contributed by atoms with Crippen molar-refractivity contribution in [3.63, 3.8) is 0 Å². The molecule has 14 heteroatoms. The van der Waals surface area contributed by atoms with E-state index in [4.69, 9.17) is 24.9 Å². The van der Waals surface area contributed by atoms with Crippen molar-refractivity contribution in [1.29, 1.82) is 0 Å². The third kappa shape index (κ3) is 7.63. The lowest BCUT2D eigenvalue weighted by atomic mass is 9.92. The molecule has 2 aliphatic heterocycles. The number of halogens is 3. The maximum Gasteiger partial charge on any atom is 0.416 e. The Labute approximate surface area is 265 Å². The Balaban J connectivity index is 1.44. The maximum atomic E-state index is 13.1. The zero-order chi connectivity index (χ0) is 33.1. The van der Waals surface area contributed by atoms with Crippen molar-refractivity contribution in [2.45, 2.75) is 55.0 Å². The number of alkyl halides is 3. The number of primary amides is 1. The number of hydrogen-bond acceptors (Lipinski definition) is 9. The number of aliphatic hydroxyl groups is 1. The number of amides is 1. The van der Waals surface area contributed by atoms with Crippen molar-refractivity contribution >= 4 is 21.6 Å². The van der Waals surface area contributed by atoms with Crippen molar-refractivity contribution < 1.29 is 45.7 Å². The fourth-order valence-corrected chi connectivity index (χ4v) is 6.61. The lowest BCUT2D eigenvalue weighted by molar-refractivity contribution is -0.137. The number of hydrogen-bond donors (Lipinski definition) is 2. The van der Waals surface area contributed by atoms with Gasteiger partial charge in [-0.25, -0.2) is 13.4 Å². The van der Waals surface area contributed by atoms with E-state index in [1.54, 1.807) is 25.1 Å². The number of anilines is 1. The third-order valence-corrected chi connectivity index (χ3v) is 10.0. The van der Waals surface area contributed by atoms with Gasteiger partial charge in [0.15, 0.2) is 9.84 Å². The van der Waals surface area contributed by atoms with E-state index in [1.165, 1.54) is 30.3 Å². The minimum atomic E-state index is -4.46. The summed E-state index contributed by atoms with van der Waals surface area (Å²) in [4.78, 5) is 19.4. The predicted molar refractivity (Wildman–Crippen MR) is 163 cm³/mol. The van der Waals surface area contributed by atoms with Crippen LogP contribution in [0.3, 0.4) is 0 Å². The molecule has 0 aliphatic carbocycles. The minimum Gasteiger partial charge on any atom is -0.489 e. The molecular formula is C32H36F3N3O7S. The Kier molecular flexibility index (Phi) is 10.2. The number of carbonyl (C=O) groups excluding carboxylic acids is 1. The van der Waals surface area contributed by atoms with Gasteiger partial charge >= 0.3 is 6.18 Å². The fourth-order valence-electron chi connectivity index (χ4n) is 5.73. The van der Waals surface area contributed by atoms with Gasteiger partial charge in [-0.2, -0.15) is 13.2 Å². The quantitative estimate of drug-likeness (QED) is 0.295. The average Bonchev–Trinajstić information content (AvgIpc) is 3.70. The first kappa shape index (κ1) is 33.6. The standard InChI is InChI=1S/C32H36F3N3O7S/c1-2-46(41,42)26-9-3-20(4-10-26)28(17-39)30-27(31(36)40)11-12-29(37-30)38-16-25(15-22(38)18-44-24-13-14-43-19-24)45-23-7-5-21(6-8-23)32(33,34)35/h3-12,22,24-25,28,39H,2,13-19H2,1H3,(H2,36,40)/t22-,24-,25+,28+/m0/s1. The molecule has 248 valence electrons. The third-order valence-electron chi connectivity index (χ3n) is 8.28. The van der Waals surface area contributed by atoms with Crippen LogP contribution >= 0.6 is 0 Å². The molecule has 1 aromatic heterocycles. The number of rotatable bonds is 12. The molecule has 0 spiro atoms. The molecule has 2 saturated heterocycles. The molecule has 0 radical (unpaired) electrons. The number of ether oxygens (including phenoxy) is 3. The summed E-state index contributed by atoms with van der Waals surface area (Å²) in [5, 5.41) is 10.5. The number of carbonyl (C=O) groups is 1. The second kappa shape index (κ2) is 14.0. The van der Waals surface area contributed by atoms with Gasteiger partial charge in [0, 0.05) is 13.0 Å². The topological polar surface area (TPSA) is 141 Å². The first-order chi connectivity index (χ1) is 21.9. The second-order valence-electron chi connectivity index (χ2n) is 11.3. The van der Waals surface area contributed by atoms with Crippen molar-refractivity contribution in [3.05, 3.63) is 83.0 Å². The molecule has 2 aromatic carbocycles. The number of benzene rings is 2. The van der Waals surface area contributed by atoms with E-state index in [2.05, 4.69) is 0 Å². The Hall–Kier alpha value is -3.72. The summed E-state index contributed by atoms with van der Waals surface area (Å²) in [5.74, 6) is -0.867. The number of aliphatic hydroxyl groups excluding tert-OH is 1. The summed E-state index contributed by atoms with van der Waals surface area (Å²) >= 11 is 0. The summed E-state index contributed by atoms with van der Waals surface area (Å²) in [6.45, 7) is 2.80. The van der Waals surface area contributed by atoms with Crippen molar-refractivity contribution in [2.24, 2.45) is 5.73 Å². The summed E-state index contributed by atoms with van der Waals surface area (Å²) in [7, 11) is -3.45. The van der Waals surface area contributed by atoms with Crippen LogP contribution in [0.5, 0.6) is 5.75 Å². The first-order valence-corrected chi connectivity index (χ1v) is 16.6. The zero-order valence-electron chi connectivity index (χ0n) is 25.2. The van der Waals surface area contributed by atoms with E-state index < -0.39 is 46.1 Å². The molecule has 10 nitrogen and oxygen atoms in total. The van der Waals surface area contributed by atoms with Crippen LogP contribution in [-0.4, -0.2) is 81.4 Å². The molecule has 46 heavy (non-hydrogen) atoms. The van der Waals surface area contributed by atoms with Gasteiger partial charge in [-0.3, -0.25) is 4.79 Å². The zero-order valence-corrected chi connectivity index (χ0v) is 26.0. The molecule has 0 unspecified atom stereocenters. The van der Waals surface area contributed by atoms with Gasteiger partial charge in [-0.1, -0.05) is 19.1 Å². The number of sulfone groups is 1. The Morgan fingerprint density at radius 3 is 2.41 bits per heavy atom. The van der Waals surface area contributed by atoms with Crippen LogP contribution in [0.1, 0.15) is 52.9 Å². The van der Waals surface area contributed by atoms with Crippen LogP contribution in [0.25, 0.3) is 0 Å². The molecule has 5 rings (SSSR count). The van der Waals surface area contributed by atoms with Crippen molar-refractivity contribution in [3.8, 4) is 5.75 Å². The van der Waals surface area contributed by atoms with Crippen molar-refractivity contribution in [2.75, 3.05) is 43.6 Å². The highest BCUT2D eigenvalue weighted by Gasteiger charge is 2.37. The molecule has 0 bridgehead atoms. The molecule has 3 heterocycles. The Morgan fingerprint density at radius 2 is 1.83 bits per heavy atom. The molecule has 3 aromatic rings. The molecule has 1 amide bonds. The molecule has 4 atom stereocenters. The SMILES string of the molecule is CCS(=O)(=O)c1ccc([C@@H](CO)c2nc(N3C[C@H](Oc4ccc(C(F)(F)F)cc4)C[C@H]3CO[C@H]3CCOC3)ccc2C(N)=O)cc1. The van der Waals surface area contributed by atoms with Crippen LogP contribution in [0.2, 0.25) is 0 Å². The van der Waals surface area contributed by atoms with E-state index in [0.29, 0.717) is 44.2 Å². The Morgan fingerprint density at radius 1 is 1.11 bits per heavy atom. The predicted octanol–water partition coefficient (Wildman–Crippen LogP) is 3.95. The molecular weight excluding hydrogens is 627 g/mol. The van der Waals surface area contributed by atoms with E-state index in [-0.39, 0.29) is 39.8 Å². The number of aromatic nitrogens is 1. The second-order valence-corrected chi connectivity index (χ2v) is 13.6. The number of nitrogens with two attached hydrogens (primary N) is 1. The monoisotopic (exact) mass is 663 g/mol.